The van der Waals surface area contributed by atoms with Gasteiger partial charge in [0.05, 0.1) is 0 Å². The molecule has 0 amide bonds. The molecule has 1 N–H and O–H groups in total. The molecule has 1 aliphatic rings. The van der Waals surface area contributed by atoms with Gasteiger partial charge >= 0.3 is 0 Å². The van der Waals surface area contributed by atoms with Gasteiger partial charge in [-0.15, -0.1) is 0 Å². The van der Waals surface area contributed by atoms with Crippen LogP contribution in [0, 0.1) is 0 Å². The van der Waals surface area contributed by atoms with Crippen LogP contribution in [0.25, 0.3) is 0 Å². The lowest BCUT2D eigenvalue weighted by Crippen LogP contribution is -2.19. The molecule has 1 fully saturated rings. The molecule has 17 heavy (non-hydrogen) atoms. The van der Waals surface area contributed by atoms with Crippen molar-refractivity contribution in [2.45, 2.75) is 51.1 Å². The Morgan fingerprint density at radius 3 is 3.00 bits per heavy atom. The predicted octanol–water partition coefficient (Wildman–Crippen LogP) is 3.55. The van der Waals surface area contributed by atoms with Gasteiger partial charge in [0.1, 0.15) is 0 Å². The average molecular weight is 253 g/mol. The van der Waals surface area contributed by atoms with Crippen LogP contribution in [0.1, 0.15) is 45.1 Å². The zero-order valence-corrected chi connectivity index (χ0v) is 11.7. The molecule has 0 spiro atoms. The lowest BCUT2D eigenvalue weighted by molar-refractivity contribution is 0.535. The molecule has 0 radical (unpaired) electrons. The maximum absolute atomic E-state index is 4.45. The molecule has 1 saturated carbocycles. The fourth-order valence-electron chi connectivity index (χ4n) is 2.46. The number of anilines is 1. The van der Waals surface area contributed by atoms with E-state index in [1.54, 1.807) is 0 Å². The van der Waals surface area contributed by atoms with Crippen LogP contribution in [0.5, 0.6) is 0 Å². The van der Waals surface area contributed by atoms with Gasteiger partial charge in [0, 0.05) is 24.5 Å². The fourth-order valence-corrected chi connectivity index (χ4v) is 3.04. The number of nitrogens with zero attached hydrogens (tertiary/aromatic N) is 2. The van der Waals surface area contributed by atoms with Crippen molar-refractivity contribution in [2.75, 3.05) is 17.3 Å². The molecule has 0 saturated heterocycles. The van der Waals surface area contributed by atoms with E-state index in [-0.39, 0.29) is 0 Å². The number of nitrogens with one attached hydrogen (secondary N) is 1. The smallest absolute Gasteiger partial charge is 0.203 e. The Morgan fingerprint density at radius 2 is 2.29 bits per heavy atom. The van der Waals surface area contributed by atoms with Crippen molar-refractivity contribution in [1.29, 1.82) is 0 Å². The largest absolute Gasteiger partial charge is 0.353 e. The normalized spacial score (nSPS) is 18.5. The number of aromatic nitrogens is 2. The SMILES string of the molecule is CSCCC(C)n1ccnc1NC1CCCC1. The molecule has 1 heterocycles. The third-order valence-corrected chi connectivity index (χ3v) is 4.22. The van der Waals surface area contributed by atoms with Crippen LogP contribution in [0.2, 0.25) is 0 Å². The van der Waals surface area contributed by atoms with Gasteiger partial charge in [0.2, 0.25) is 5.95 Å². The number of rotatable bonds is 6. The zero-order chi connectivity index (χ0) is 12.1. The topological polar surface area (TPSA) is 29.9 Å². The summed E-state index contributed by atoms with van der Waals surface area (Å²) in [6.07, 6.45) is 12.7. The summed E-state index contributed by atoms with van der Waals surface area (Å²) in [4.78, 5) is 4.45. The van der Waals surface area contributed by atoms with Gasteiger partial charge in [0.15, 0.2) is 0 Å². The minimum absolute atomic E-state index is 0.536. The molecule has 2 rings (SSSR count). The van der Waals surface area contributed by atoms with E-state index in [0.717, 1.165) is 5.95 Å². The third-order valence-electron chi connectivity index (χ3n) is 3.57. The van der Waals surface area contributed by atoms with E-state index in [1.165, 1.54) is 37.9 Å². The van der Waals surface area contributed by atoms with Gasteiger partial charge < -0.3 is 9.88 Å². The second kappa shape index (κ2) is 6.34. The first-order valence-corrected chi connectivity index (χ1v) is 7.99. The third kappa shape index (κ3) is 3.41. The van der Waals surface area contributed by atoms with Crippen molar-refractivity contribution in [3.05, 3.63) is 12.4 Å². The Morgan fingerprint density at radius 1 is 1.53 bits per heavy atom. The van der Waals surface area contributed by atoms with Crippen molar-refractivity contribution >= 4 is 17.7 Å². The Balaban J connectivity index is 1.95. The standard InChI is InChI=1S/C13H23N3S/c1-11(7-10-17-2)16-9-8-14-13(16)15-12-5-3-4-6-12/h8-9,11-12H,3-7,10H2,1-2H3,(H,14,15). The average Bonchev–Trinajstić information content (AvgIpc) is 2.97. The van der Waals surface area contributed by atoms with Crippen LogP contribution in [-0.4, -0.2) is 27.6 Å². The van der Waals surface area contributed by atoms with Crippen molar-refractivity contribution < 1.29 is 0 Å². The van der Waals surface area contributed by atoms with Crippen molar-refractivity contribution in [3.63, 3.8) is 0 Å². The van der Waals surface area contributed by atoms with Gasteiger partial charge in [-0.1, -0.05) is 12.8 Å². The summed E-state index contributed by atoms with van der Waals surface area (Å²) >= 11 is 1.91. The quantitative estimate of drug-likeness (QED) is 0.841. The molecular formula is C13H23N3S. The van der Waals surface area contributed by atoms with E-state index < -0.39 is 0 Å². The molecule has 3 nitrogen and oxygen atoms in total. The van der Waals surface area contributed by atoms with Crippen LogP contribution >= 0.6 is 11.8 Å². The van der Waals surface area contributed by atoms with Gasteiger partial charge in [-0.3, -0.25) is 0 Å². The Bertz CT molecular complexity index is 331. The van der Waals surface area contributed by atoms with Crippen LogP contribution < -0.4 is 5.32 Å². The Kier molecular flexibility index (Phi) is 4.77. The summed E-state index contributed by atoms with van der Waals surface area (Å²) in [6.45, 7) is 2.28. The summed E-state index contributed by atoms with van der Waals surface area (Å²) < 4.78 is 2.29. The highest BCUT2D eigenvalue weighted by molar-refractivity contribution is 7.98. The number of thioether (sulfide) groups is 1. The van der Waals surface area contributed by atoms with E-state index in [2.05, 4.69) is 34.2 Å². The summed E-state index contributed by atoms with van der Waals surface area (Å²) in [7, 11) is 0. The minimum atomic E-state index is 0.536. The second-order valence-electron chi connectivity index (χ2n) is 4.91. The van der Waals surface area contributed by atoms with Gasteiger partial charge in [0.25, 0.3) is 0 Å². The van der Waals surface area contributed by atoms with Gasteiger partial charge in [-0.25, -0.2) is 4.98 Å². The second-order valence-corrected chi connectivity index (χ2v) is 5.90. The number of hydrogen-bond donors (Lipinski definition) is 1. The summed E-state index contributed by atoms with van der Waals surface area (Å²) in [5, 5.41) is 3.59. The zero-order valence-electron chi connectivity index (χ0n) is 10.9. The van der Waals surface area contributed by atoms with E-state index in [1.807, 2.05) is 18.0 Å². The van der Waals surface area contributed by atoms with Crippen molar-refractivity contribution in [3.8, 4) is 0 Å². The molecular weight excluding hydrogens is 230 g/mol. The highest BCUT2D eigenvalue weighted by Gasteiger charge is 2.17. The van der Waals surface area contributed by atoms with Crippen molar-refractivity contribution in [1.82, 2.24) is 9.55 Å². The summed E-state index contributed by atoms with van der Waals surface area (Å²) in [5.74, 6) is 2.27. The van der Waals surface area contributed by atoms with Crippen molar-refractivity contribution in [2.24, 2.45) is 0 Å². The maximum Gasteiger partial charge on any atom is 0.203 e. The van der Waals surface area contributed by atoms with Gasteiger partial charge in [-0.2, -0.15) is 11.8 Å². The lowest BCUT2D eigenvalue weighted by Gasteiger charge is -2.19. The highest BCUT2D eigenvalue weighted by Crippen LogP contribution is 2.24. The Labute approximate surface area is 108 Å². The van der Waals surface area contributed by atoms with Gasteiger partial charge in [-0.05, 0) is 38.2 Å². The molecule has 96 valence electrons. The molecule has 1 atom stereocenters. The number of hydrogen-bond acceptors (Lipinski definition) is 3. The molecule has 1 aliphatic carbocycles. The molecule has 0 bridgehead atoms. The fraction of sp³-hybridized carbons (Fsp3) is 0.769. The first kappa shape index (κ1) is 12.8. The molecule has 1 unspecified atom stereocenters. The number of imidazole rings is 1. The highest BCUT2D eigenvalue weighted by atomic mass is 32.2. The first-order valence-electron chi connectivity index (χ1n) is 6.59. The molecule has 0 aromatic carbocycles. The summed E-state index contributed by atoms with van der Waals surface area (Å²) in [6, 6.07) is 1.18. The van der Waals surface area contributed by atoms with Crippen LogP contribution in [0.3, 0.4) is 0 Å². The molecule has 4 heteroatoms. The molecule has 0 aliphatic heterocycles. The predicted molar refractivity (Wildman–Crippen MR) is 75.8 cm³/mol. The Hall–Kier alpha value is -0.640. The van der Waals surface area contributed by atoms with Crippen LogP contribution in [0.15, 0.2) is 12.4 Å². The summed E-state index contributed by atoms with van der Waals surface area (Å²) in [5.41, 5.74) is 0. The van der Waals surface area contributed by atoms with Crippen LogP contribution in [-0.2, 0) is 0 Å². The minimum Gasteiger partial charge on any atom is -0.353 e. The van der Waals surface area contributed by atoms with E-state index in [4.69, 9.17) is 0 Å². The monoisotopic (exact) mass is 253 g/mol. The molecule has 1 aromatic heterocycles. The maximum atomic E-state index is 4.45. The van der Waals surface area contributed by atoms with E-state index in [9.17, 15) is 0 Å². The lowest BCUT2D eigenvalue weighted by atomic mass is 10.2. The van der Waals surface area contributed by atoms with Crippen LogP contribution in [0.4, 0.5) is 5.95 Å². The molecule has 1 aromatic rings. The first-order chi connectivity index (χ1) is 8.31. The van der Waals surface area contributed by atoms with E-state index >= 15 is 0 Å². The van der Waals surface area contributed by atoms with E-state index in [0.29, 0.717) is 12.1 Å².